The zero-order chi connectivity index (χ0) is 19.8. The predicted octanol–water partition coefficient (Wildman–Crippen LogP) is 4.46. The van der Waals surface area contributed by atoms with E-state index < -0.39 is 24.9 Å². The molecule has 0 amide bonds. The van der Waals surface area contributed by atoms with Gasteiger partial charge in [-0.3, -0.25) is 4.57 Å². The Morgan fingerprint density at radius 2 is 1.88 bits per heavy atom. The molecule has 0 aromatic heterocycles. The highest BCUT2D eigenvalue weighted by Crippen LogP contribution is 2.66. The molecule has 1 aromatic rings. The van der Waals surface area contributed by atoms with Gasteiger partial charge in [-0.2, -0.15) is 0 Å². The average molecular weight is 388 g/mol. The van der Waals surface area contributed by atoms with Gasteiger partial charge in [0.1, 0.15) is 5.75 Å². The van der Waals surface area contributed by atoms with E-state index in [9.17, 15) is 9.36 Å². The molecule has 0 unspecified atom stereocenters. The molecule has 2 atom stereocenters. The third kappa shape index (κ3) is 4.34. The van der Waals surface area contributed by atoms with Crippen molar-refractivity contribution >= 4 is 13.6 Å². The quantitative estimate of drug-likeness (QED) is 0.317. The normalized spacial score (nSPS) is 15.0. The van der Waals surface area contributed by atoms with Crippen LogP contribution in [0.25, 0.3) is 0 Å². The van der Waals surface area contributed by atoms with Crippen molar-refractivity contribution in [3.8, 4) is 5.75 Å². The molecule has 0 aliphatic rings. The van der Waals surface area contributed by atoms with Crippen LogP contribution in [0.1, 0.15) is 32.3 Å². The van der Waals surface area contributed by atoms with Gasteiger partial charge in [-0.05, 0) is 38.5 Å². The molecule has 0 aliphatic carbocycles. The van der Waals surface area contributed by atoms with E-state index >= 15 is 4.39 Å². The molecule has 146 valence electrons. The lowest BCUT2D eigenvalue weighted by molar-refractivity contribution is -0.153. The van der Waals surface area contributed by atoms with Gasteiger partial charge in [-0.1, -0.05) is 18.2 Å². The molecule has 0 saturated heterocycles. The number of hydrogen-bond acceptors (Lipinski definition) is 6. The molecule has 0 saturated carbocycles. The number of alkyl halides is 1. The van der Waals surface area contributed by atoms with E-state index in [2.05, 4.69) is 6.58 Å². The van der Waals surface area contributed by atoms with Crippen LogP contribution in [-0.4, -0.2) is 38.3 Å². The number of methoxy groups -OCH3 is 1. The molecule has 0 radical (unpaired) electrons. The number of benzene rings is 1. The first-order valence-electron chi connectivity index (χ1n) is 8.36. The van der Waals surface area contributed by atoms with Gasteiger partial charge in [-0.25, -0.2) is 9.18 Å². The van der Waals surface area contributed by atoms with Gasteiger partial charge in [0.25, 0.3) is 0 Å². The zero-order valence-corrected chi connectivity index (χ0v) is 16.5. The van der Waals surface area contributed by atoms with Crippen LogP contribution >= 0.6 is 7.60 Å². The summed E-state index contributed by atoms with van der Waals surface area (Å²) in [6, 6.07) is 6.40. The summed E-state index contributed by atoms with van der Waals surface area (Å²) in [5.41, 5.74) is 0.328. The van der Waals surface area contributed by atoms with Gasteiger partial charge < -0.3 is 18.5 Å². The summed E-state index contributed by atoms with van der Waals surface area (Å²) >= 11 is 0. The van der Waals surface area contributed by atoms with Crippen LogP contribution in [0.15, 0.2) is 36.9 Å². The first-order chi connectivity index (χ1) is 12.3. The maximum absolute atomic E-state index is 16.3. The molecule has 26 heavy (non-hydrogen) atoms. The topological polar surface area (TPSA) is 71.1 Å². The van der Waals surface area contributed by atoms with Crippen molar-refractivity contribution in [3.63, 3.8) is 0 Å². The van der Waals surface area contributed by atoms with Crippen molar-refractivity contribution < 1.29 is 32.3 Å². The number of esters is 1. The Balaban J connectivity index is 3.62. The number of hydrogen-bond donors (Lipinski definition) is 0. The van der Waals surface area contributed by atoms with Gasteiger partial charge >= 0.3 is 19.0 Å². The van der Waals surface area contributed by atoms with Crippen molar-refractivity contribution in [1.82, 2.24) is 0 Å². The SMILES string of the molecule is C=C[C@H](c1cccc(OC)c1)[C@](F)(C(=O)OCC)P(=O)(OCC)OCC. The predicted molar refractivity (Wildman–Crippen MR) is 97.3 cm³/mol. The van der Waals surface area contributed by atoms with Crippen LogP contribution < -0.4 is 4.74 Å². The fraction of sp³-hybridized carbons (Fsp3) is 0.500. The minimum absolute atomic E-state index is 0.0925. The Kier molecular flexibility index (Phi) is 8.47. The molecule has 0 N–H and O–H groups in total. The average Bonchev–Trinajstić information content (AvgIpc) is 2.62. The maximum atomic E-state index is 16.3. The summed E-state index contributed by atoms with van der Waals surface area (Å²) < 4.78 is 49.9. The summed E-state index contributed by atoms with van der Waals surface area (Å²) in [4.78, 5) is 12.6. The lowest BCUT2D eigenvalue weighted by Crippen LogP contribution is -2.42. The number of carbonyl (C=O) groups excluding carboxylic acids is 1. The Labute approximate surface area is 153 Å². The second-order valence-electron chi connectivity index (χ2n) is 5.22. The van der Waals surface area contributed by atoms with E-state index in [1.54, 1.807) is 18.2 Å². The number of allylic oxidation sites excluding steroid dienone is 1. The fourth-order valence-electron chi connectivity index (χ4n) is 2.55. The van der Waals surface area contributed by atoms with Crippen LogP contribution in [0.5, 0.6) is 5.75 Å². The minimum atomic E-state index is -4.54. The summed E-state index contributed by atoms with van der Waals surface area (Å²) in [5, 5.41) is -3.09. The number of ether oxygens (including phenoxy) is 2. The number of halogens is 1. The third-order valence-corrected chi connectivity index (χ3v) is 6.11. The molecular formula is C18H26FO6P. The molecule has 0 aliphatic heterocycles. The van der Waals surface area contributed by atoms with E-state index in [0.29, 0.717) is 11.3 Å². The lowest BCUT2D eigenvalue weighted by atomic mass is 9.93. The highest BCUT2D eigenvalue weighted by molar-refractivity contribution is 7.56. The molecule has 8 heteroatoms. The summed E-state index contributed by atoms with van der Waals surface area (Å²) in [6.45, 7) is 7.90. The van der Waals surface area contributed by atoms with Gasteiger partial charge in [-0.15, -0.1) is 6.58 Å². The largest absolute Gasteiger partial charge is 0.497 e. The highest BCUT2D eigenvalue weighted by atomic mass is 31.2. The molecule has 0 heterocycles. The van der Waals surface area contributed by atoms with Gasteiger partial charge in [0.05, 0.1) is 32.8 Å². The van der Waals surface area contributed by atoms with Crippen LogP contribution in [0, 0.1) is 0 Å². The van der Waals surface area contributed by atoms with Gasteiger partial charge in [0.15, 0.2) is 0 Å². The van der Waals surface area contributed by atoms with E-state index in [0.717, 1.165) is 0 Å². The lowest BCUT2D eigenvalue weighted by Gasteiger charge is -2.35. The number of rotatable bonds is 11. The summed E-state index contributed by atoms with van der Waals surface area (Å²) in [5.74, 6) is -2.21. The fourth-order valence-corrected chi connectivity index (χ4v) is 4.57. The van der Waals surface area contributed by atoms with Gasteiger partial charge in [0, 0.05) is 0 Å². The molecule has 0 fully saturated rings. The van der Waals surface area contributed by atoms with Crippen LogP contribution in [0.3, 0.4) is 0 Å². The highest BCUT2D eigenvalue weighted by Gasteiger charge is 2.64. The Morgan fingerprint density at radius 1 is 1.27 bits per heavy atom. The molecular weight excluding hydrogens is 362 g/mol. The smallest absolute Gasteiger partial charge is 0.380 e. The second kappa shape index (κ2) is 9.86. The second-order valence-corrected chi connectivity index (χ2v) is 7.38. The molecule has 0 spiro atoms. The standard InChI is InChI=1S/C18H26FO6P/c1-6-16(14-11-10-12-15(13-14)22-5)18(19,17(20)23-7-2)26(21,24-8-3)25-9-4/h6,10-13,16H,1,7-9H2,2-5H3/t16-,18-/m1/s1. The van der Waals surface area contributed by atoms with Crippen LogP contribution in [-0.2, 0) is 23.1 Å². The monoisotopic (exact) mass is 388 g/mol. The van der Waals surface area contributed by atoms with Crippen molar-refractivity contribution in [2.45, 2.75) is 32.1 Å². The first kappa shape index (κ1) is 22.4. The van der Waals surface area contributed by atoms with Crippen molar-refractivity contribution in [2.75, 3.05) is 26.9 Å². The van der Waals surface area contributed by atoms with Gasteiger partial charge in [0.2, 0.25) is 0 Å². The zero-order valence-electron chi connectivity index (χ0n) is 15.6. The van der Waals surface area contributed by atoms with Crippen LogP contribution in [0.2, 0.25) is 0 Å². The number of carbonyl (C=O) groups is 1. The molecule has 0 bridgehead atoms. The Morgan fingerprint density at radius 3 is 2.35 bits per heavy atom. The van der Waals surface area contributed by atoms with E-state index in [4.69, 9.17) is 18.5 Å². The Hall–Kier alpha value is -1.69. The van der Waals surface area contributed by atoms with Crippen LogP contribution in [0.4, 0.5) is 4.39 Å². The summed E-state index contributed by atoms with van der Waals surface area (Å²) in [6.07, 6.45) is 1.19. The maximum Gasteiger partial charge on any atom is 0.380 e. The van der Waals surface area contributed by atoms with E-state index in [1.165, 1.54) is 40.0 Å². The molecule has 6 nitrogen and oxygen atoms in total. The van der Waals surface area contributed by atoms with E-state index in [-0.39, 0.29) is 19.8 Å². The van der Waals surface area contributed by atoms with Crippen molar-refractivity contribution in [1.29, 1.82) is 0 Å². The molecule has 1 aromatic carbocycles. The first-order valence-corrected chi connectivity index (χ1v) is 9.90. The van der Waals surface area contributed by atoms with Crippen molar-refractivity contribution in [3.05, 3.63) is 42.5 Å². The van der Waals surface area contributed by atoms with Crippen molar-refractivity contribution in [2.24, 2.45) is 0 Å². The van der Waals surface area contributed by atoms with E-state index in [1.807, 2.05) is 0 Å². The molecule has 1 rings (SSSR count). The summed E-state index contributed by atoms with van der Waals surface area (Å²) in [7, 11) is -3.08. The minimum Gasteiger partial charge on any atom is -0.497 e. The Bertz CT molecular complexity index is 655. The third-order valence-electron chi connectivity index (χ3n) is 3.66.